The minimum Gasteiger partial charge on any atom is -0.469 e. The number of anilines is 2. The average Bonchev–Trinajstić information content (AvgIpc) is 3.38. The van der Waals surface area contributed by atoms with E-state index < -0.39 is 0 Å². The third-order valence-corrected chi connectivity index (χ3v) is 6.70. The molecule has 1 unspecified atom stereocenters. The number of ether oxygens (including phenoxy) is 1. The minimum absolute atomic E-state index is 0.157. The number of carbonyl (C=O) groups is 2. The van der Waals surface area contributed by atoms with E-state index in [9.17, 15) is 9.59 Å². The molecule has 1 aliphatic rings. The zero-order valence-electron chi connectivity index (χ0n) is 20.9. The molecule has 0 spiro atoms. The number of aromatic amines is 1. The topological polar surface area (TPSA) is 99.4 Å². The Morgan fingerprint density at radius 3 is 2.73 bits per heavy atom. The lowest BCUT2D eigenvalue weighted by molar-refractivity contribution is -0.139. The summed E-state index contributed by atoms with van der Waals surface area (Å²) in [4.78, 5) is 26.8. The first-order valence-corrected chi connectivity index (χ1v) is 12.5. The molecule has 1 aliphatic heterocycles. The second-order valence-electron chi connectivity index (χ2n) is 9.49. The van der Waals surface area contributed by atoms with E-state index in [4.69, 9.17) is 4.74 Å². The molecule has 0 radical (unpaired) electrons. The van der Waals surface area contributed by atoms with E-state index in [0.717, 1.165) is 60.2 Å². The van der Waals surface area contributed by atoms with Crippen molar-refractivity contribution in [3.8, 4) is 0 Å². The number of nitrogens with zero attached hydrogens (tertiary/aromatic N) is 2. The minimum atomic E-state index is -0.292. The van der Waals surface area contributed by atoms with Crippen LogP contribution in [0.25, 0.3) is 10.9 Å². The van der Waals surface area contributed by atoms with Crippen molar-refractivity contribution in [3.05, 3.63) is 89.6 Å². The van der Waals surface area contributed by atoms with Gasteiger partial charge < -0.3 is 15.4 Å². The Labute approximate surface area is 216 Å². The monoisotopic (exact) mass is 497 g/mol. The molecule has 190 valence electrons. The Balaban J connectivity index is 1.17. The number of aromatic nitrogens is 2. The summed E-state index contributed by atoms with van der Waals surface area (Å²) >= 11 is 0. The van der Waals surface area contributed by atoms with Gasteiger partial charge in [-0.05, 0) is 73.0 Å². The normalized spacial score (nSPS) is 15.9. The van der Waals surface area contributed by atoms with Crippen molar-refractivity contribution in [1.29, 1.82) is 0 Å². The highest BCUT2D eigenvalue weighted by Crippen LogP contribution is 2.22. The molecule has 1 saturated heterocycles. The zero-order valence-corrected chi connectivity index (χ0v) is 20.9. The number of hydrogen-bond donors (Lipinski definition) is 3. The largest absolute Gasteiger partial charge is 0.469 e. The number of nitrogens with one attached hydrogen (secondary N) is 3. The van der Waals surface area contributed by atoms with Gasteiger partial charge in [0.05, 0.1) is 25.2 Å². The summed E-state index contributed by atoms with van der Waals surface area (Å²) in [7, 11) is 1.37. The van der Waals surface area contributed by atoms with Crippen LogP contribution >= 0.6 is 0 Å². The first-order chi connectivity index (χ1) is 18.1. The van der Waals surface area contributed by atoms with Crippen molar-refractivity contribution >= 4 is 34.2 Å². The smallest absolute Gasteiger partial charge is 0.309 e. The second kappa shape index (κ2) is 11.3. The van der Waals surface area contributed by atoms with Gasteiger partial charge in [-0.3, -0.25) is 19.6 Å². The molecular formula is C29H31N5O3. The van der Waals surface area contributed by atoms with Gasteiger partial charge in [0.2, 0.25) is 0 Å². The van der Waals surface area contributed by atoms with Crippen molar-refractivity contribution in [1.82, 2.24) is 15.1 Å². The number of methoxy groups -OCH3 is 1. The van der Waals surface area contributed by atoms with Crippen LogP contribution in [0.5, 0.6) is 0 Å². The van der Waals surface area contributed by atoms with Crippen LogP contribution in [0.1, 0.15) is 34.3 Å². The van der Waals surface area contributed by atoms with Gasteiger partial charge in [0.1, 0.15) is 0 Å². The van der Waals surface area contributed by atoms with Crippen LogP contribution in [0.3, 0.4) is 0 Å². The summed E-state index contributed by atoms with van der Waals surface area (Å²) in [6.45, 7) is 2.77. The molecule has 0 saturated carbocycles. The maximum atomic E-state index is 12.9. The van der Waals surface area contributed by atoms with Crippen LogP contribution in [0.2, 0.25) is 0 Å². The summed E-state index contributed by atoms with van der Waals surface area (Å²) in [5.74, 6) is -0.449. The summed E-state index contributed by atoms with van der Waals surface area (Å²) in [6, 6.07) is 21.7. The summed E-state index contributed by atoms with van der Waals surface area (Å²) in [5, 5.41) is 14.8. The van der Waals surface area contributed by atoms with E-state index in [1.165, 1.54) is 7.11 Å². The lowest BCUT2D eigenvalue weighted by Crippen LogP contribution is -2.41. The zero-order chi connectivity index (χ0) is 25.6. The fraction of sp³-hybridized carbons (Fsp3) is 0.276. The highest BCUT2D eigenvalue weighted by molar-refractivity contribution is 6.04. The number of rotatable bonds is 8. The van der Waals surface area contributed by atoms with E-state index in [1.807, 2.05) is 36.5 Å². The summed E-state index contributed by atoms with van der Waals surface area (Å²) < 4.78 is 4.70. The number of likely N-dealkylation sites (tertiary alicyclic amines) is 1. The van der Waals surface area contributed by atoms with Gasteiger partial charge in [-0.1, -0.05) is 24.3 Å². The van der Waals surface area contributed by atoms with Crippen molar-refractivity contribution < 1.29 is 14.3 Å². The molecule has 0 bridgehead atoms. The van der Waals surface area contributed by atoms with Crippen LogP contribution in [0.4, 0.5) is 11.4 Å². The Morgan fingerprint density at radius 2 is 1.89 bits per heavy atom. The van der Waals surface area contributed by atoms with Crippen LogP contribution in [-0.4, -0.2) is 53.2 Å². The third kappa shape index (κ3) is 6.34. The molecule has 8 heteroatoms. The lowest BCUT2D eigenvalue weighted by Gasteiger charge is -2.33. The number of H-pyrrole nitrogens is 1. The molecule has 5 rings (SSSR count). The number of piperidine rings is 1. The van der Waals surface area contributed by atoms with E-state index in [0.29, 0.717) is 17.3 Å². The molecule has 1 atom stereocenters. The van der Waals surface area contributed by atoms with Crippen molar-refractivity contribution in [3.63, 3.8) is 0 Å². The second-order valence-corrected chi connectivity index (χ2v) is 9.49. The summed E-state index contributed by atoms with van der Waals surface area (Å²) in [6.07, 6.45) is 4.30. The van der Waals surface area contributed by atoms with E-state index >= 15 is 0 Å². The molecule has 2 heterocycles. The Hall–Kier alpha value is -4.17. The van der Waals surface area contributed by atoms with E-state index in [2.05, 4.69) is 50.0 Å². The fourth-order valence-corrected chi connectivity index (χ4v) is 4.80. The number of amides is 1. The lowest BCUT2D eigenvalue weighted by atomic mass is 10.0. The van der Waals surface area contributed by atoms with Crippen molar-refractivity contribution in [2.45, 2.75) is 31.8 Å². The Bertz CT molecular complexity index is 1380. The molecule has 4 aromatic rings. The van der Waals surface area contributed by atoms with Crippen LogP contribution in [0, 0.1) is 0 Å². The van der Waals surface area contributed by atoms with Crippen molar-refractivity contribution in [2.75, 3.05) is 30.8 Å². The van der Waals surface area contributed by atoms with Gasteiger partial charge in [0.25, 0.3) is 5.91 Å². The van der Waals surface area contributed by atoms with Crippen LogP contribution < -0.4 is 10.6 Å². The number of esters is 1. The van der Waals surface area contributed by atoms with Crippen molar-refractivity contribution in [2.24, 2.45) is 0 Å². The van der Waals surface area contributed by atoms with Gasteiger partial charge in [0.15, 0.2) is 0 Å². The number of fused-ring (bicyclic) bond motifs is 1. The molecule has 1 aromatic heterocycles. The molecule has 3 N–H and O–H groups in total. The molecule has 1 amide bonds. The van der Waals surface area contributed by atoms with Crippen LogP contribution in [-0.2, 0) is 22.5 Å². The fourth-order valence-electron chi connectivity index (χ4n) is 4.80. The standard InChI is InChI=1S/C29H31N5O3/c1-37-28(35)15-20-7-9-24(10-8-20)32-29(36)22-5-2-4-21(14-22)18-34-13-3-6-26(19-34)31-25-11-12-27-23(16-25)17-30-33-27/h2,4-5,7-12,14,16-17,26,31H,3,6,13,15,18-19H2,1H3,(H,30,33)(H,32,36). The number of carbonyl (C=O) groups excluding carboxylic acids is 2. The SMILES string of the molecule is COC(=O)Cc1ccc(NC(=O)c2cccc(CN3CCCC(Nc4ccc5[nH]ncc5c4)C3)c2)cc1. The molecular weight excluding hydrogens is 466 g/mol. The Morgan fingerprint density at radius 1 is 1.05 bits per heavy atom. The first kappa shape index (κ1) is 24.5. The molecule has 0 aliphatic carbocycles. The van der Waals surface area contributed by atoms with Gasteiger partial charge in [-0.25, -0.2) is 0 Å². The number of hydrogen-bond acceptors (Lipinski definition) is 6. The van der Waals surface area contributed by atoms with E-state index in [-0.39, 0.29) is 18.3 Å². The maximum absolute atomic E-state index is 12.9. The van der Waals surface area contributed by atoms with Crippen LogP contribution in [0.15, 0.2) is 72.9 Å². The summed E-state index contributed by atoms with van der Waals surface area (Å²) in [5.41, 5.74) is 5.40. The first-order valence-electron chi connectivity index (χ1n) is 12.5. The Kier molecular flexibility index (Phi) is 7.46. The van der Waals surface area contributed by atoms with Gasteiger partial charge in [-0.15, -0.1) is 0 Å². The average molecular weight is 498 g/mol. The maximum Gasteiger partial charge on any atom is 0.309 e. The highest BCUT2D eigenvalue weighted by atomic mass is 16.5. The molecule has 8 nitrogen and oxygen atoms in total. The molecule has 37 heavy (non-hydrogen) atoms. The quantitative estimate of drug-likeness (QED) is 0.308. The van der Waals surface area contributed by atoms with Gasteiger partial charge >= 0.3 is 5.97 Å². The molecule has 3 aromatic carbocycles. The van der Waals surface area contributed by atoms with Gasteiger partial charge in [0, 0.05) is 41.5 Å². The van der Waals surface area contributed by atoms with E-state index in [1.54, 1.807) is 12.1 Å². The number of benzene rings is 3. The predicted octanol–water partition coefficient (Wildman–Crippen LogP) is 4.61. The molecule has 1 fully saturated rings. The highest BCUT2D eigenvalue weighted by Gasteiger charge is 2.20. The predicted molar refractivity (Wildman–Crippen MR) is 145 cm³/mol. The van der Waals surface area contributed by atoms with Gasteiger partial charge in [-0.2, -0.15) is 5.10 Å². The third-order valence-electron chi connectivity index (χ3n) is 6.70.